The van der Waals surface area contributed by atoms with Gasteiger partial charge in [0.15, 0.2) is 5.78 Å². The van der Waals surface area contributed by atoms with Crippen molar-refractivity contribution < 1.29 is 9.59 Å². The molecule has 0 atom stereocenters. The molecule has 0 radical (unpaired) electrons. The number of Topliss-reactive ketones (excluding diaryl/α,β-unsaturated/α-hetero) is 1. The summed E-state index contributed by atoms with van der Waals surface area (Å²) in [6.07, 6.45) is 0. The van der Waals surface area contributed by atoms with Crippen LogP contribution in [0.3, 0.4) is 0 Å². The first-order chi connectivity index (χ1) is 9.95. The van der Waals surface area contributed by atoms with Gasteiger partial charge in [0.1, 0.15) is 0 Å². The number of carbonyl (C=O) groups excluding carboxylic acids is 2. The van der Waals surface area contributed by atoms with E-state index in [1.165, 1.54) is 6.92 Å². The SMILES string of the molecule is CC(=O)c1ccc(C)c(NC(=O)Nc2cccc(Cl)c2)c1. The van der Waals surface area contributed by atoms with E-state index in [0.29, 0.717) is 22.0 Å². The van der Waals surface area contributed by atoms with Crippen molar-refractivity contribution in [2.75, 3.05) is 10.6 Å². The number of rotatable bonds is 3. The second-order valence-electron chi connectivity index (χ2n) is 4.68. The Hall–Kier alpha value is -2.33. The molecule has 0 saturated carbocycles. The zero-order chi connectivity index (χ0) is 15.4. The molecule has 0 aliphatic rings. The van der Waals surface area contributed by atoms with Gasteiger partial charge in [0, 0.05) is 22.0 Å². The molecule has 21 heavy (non-hydrogen) atoms. The van der Waals surface area contributed by atoms with Gasteiger partial charge in [-0.05, 0) is 43.7 Å². The van der Waals surface area contributed by atoms with Crippen LogP contribution >= 0.6 is 11.6 Å². The monoisotopic (exact) mass is 302 g/mol. The lowest BCUT2D eigenvalue weighted by Crippen LogP contribution is -2.20. The molecule has 0 saturated heterocycles. The lowest BCUT2D eigenvalue weighted by atomic mass is 10.1. The van der Waals surface area contributed by atoms with Crippen LogP contribution in [0.2, 0.25) is 5.02 Å². The number of amides is 2. The number of benzene rings is 2. The van der Waals surface area contributed by atoms with Crippen LogP contribution in [0.5, 0.6) is 0 Å². The minimum atomic E-state index is -0.388. The van der Waals surface area contributed by atoms with Crippen molar-refractivity contribution in [1.29, 1.82) is 0 Å². The van der Waals surface area contributed by atoms with E-state index in [0.717, 1.165) is 5.56 Å². The molecule has 108 valence electrons. The van der Waals surface area contributed by atoms with Gasteiger partial charge in [0.2, 0.25) is 0 Å². The Kier molecular flexibility index (Phi) is 4.60. The van der Waals surface area contributed by atoms with Gasteiger partial charge in [-0.1, -0.05) is 29.8 Å². The second-order valence-corrected chi connectivity index (χ2v) is 5.11. The molecule has 5 heteroatoms. The second kappa shape index (κ2) is 6.41. The van der Waals surface area contributed by atoms with Gasteiger partial charge in [0.25, 0.3) is 0 Å². The average molecular weight is 303 g/mol. The van der Waals surface area contributed by atoms with Crippen LogP contribution in [0.1, 0.15) is 22.8 Å². The lowest BCUT2D eigenvalue weighted by Gasteiger charge is -2.11. The summed E-state index contributed by atoms with van der Waals surface area (Å²) in [5.41, 5.74) is 2.63. The van der Waals surface area contributed by atoms with Crippen LogP contribution in [-0.4, -0.2) is 11.8 Å². The predicted molar refractivity (Wildman–Crippen MR) is 85.3 cm³/mol. The van der Waals surface area contributed by atoms with E-state index in [9.17, 15) is 9.59 Å². The first kappa shape index (κ1) is 15.1. The molecule has 2 rings (SSSR count). The summed E-state index contributed by atoms with van der Waals surface area (Å²) in [4.78, 5) is 23.4. The standard InChI is InChI=1S/C16H15ClN2O2/c1-10-6-7-12(11(2)20)8-15(10)19-16(21)18-14-5-3-4-13(17)9-14/h3-9H,1-2H3,(H2,18,19,21). The number of nitrogens with one attached hydrogen (secondary N) is 2. The summed E-state index contributed by atoms with van der Waals surface area (Å²) in [5.74, 6) is -0.0479. The molecule has 4 nitrogen and oxygen atoms in total. The van der Waals surface area contributed by atoms with E-state index in [1.54, 1.807) is 42.5 Å². The Morgan fingerprint density at radius 2 is 1.81 bits per heavy atom. The zero-order valence-electron chi connectivity index (χ0n) is 11.7. The summed E-state index contributed by atoms with van der Waals surface area (Å²) < 4.78 is 0. The van der Waals surface area contributed by atoms with Crippen LogP contribution in [0.25, 0.3) is 0 Å². The molecule has 2 N–H and O–H groups in total. The summed E-state index contributed by atoms with van der Waals surface area (Å²) in [5, 5.41) is 5.96. The fourth-order valence-corrected chi connectivity index (χ4v) is 2.02. The molecule has 2 amide bonds. The molecule has 0 unspecified atom stereocenters. The molecular weight excluding hydrogens is 288 g/mol. The summed E-state index contributed by atoms with van der Waals surface area (Å²) in [6, 6.07) is 11.7. The Bertz CT molecular complexity index is 698. The van der Waals surface area contributed by atoms with Crippen molar-refractivity contribution in [2.24, 2.45) is 0 Å². The van der Waals surface area contributed by atoms with Gasteiger partial charge < -0.3 is 10.6 Å². The van der Waals surface area contributed by atoms with Crippen molar-refractivity contribution >= 4 is 34.8 Å². The molecule has 0 bridgehead atoms. The number of ketones is 1. The maximum atomic E-state index is 12.0. The third-order valence-electron chi connectivity index (χ3n) is 2.97. The fraction of sp³-hybridized carbons (Fsp3) is 0.125. The number of urea groups is 1. The Morgan fingerprint density at radius 1 is 1.05 bits per heavy atom. The van der Waals surface area contributed by atoms with Gasteiger partial charge in [-0.25, -0.2) is 4.79 Å². The van der Waals surface area contributed by atoms with E-state index in [-0.39, 0.29) is 11.8 Å². The highest BCUT2D eigenvalue weighted by Crippen LogP contribution is 2.19. The summed E-state index contributed by atoms with van der Waals surface area (Å²) in [6.45, 7) is 3.35. The third-order valence-corrected chi connectivity index (χ3v) is 3.21. The highest BCUT2D eigenvalue weighted by atomic mass is 35.5. The van der Waals surface area contributed by atoms with E-state index in [2.05, 4.69) is 10.6 Å². The first-order valence-corrected chi connectivity index (χ1v) is 6.78. The smallest absolute Gasteiger partial charge is 0.308 e. The maximum Gasteiger partial charge on any atom is 0.323 e. The Balaban J connectivity index is 2.12. The topological polar surface area (TPSA) is 58.2 Å². The predicted octanol–water partition coefficient (Wildman–Crippen LogP) is 4.50. The van der Waals surface area contributed by atoms with E-state index in [1.807, 2.05) is 6.92 Å². The van der Waals surface area contributed by atoms with E-state index < -0.39 is 0 Å². The summed E-state index contributed by atoms with van der Waals surface area (Å²) in [7, 11) is 0. The average Bonchev–Trinajstić information content (AvgIpc) is 2.41. The number of hydrogen-bond donors (Lipinski definition) is 2. The molecule has 0 fully saturated rings. The molecule has 2 aromatic carbocycles. The van der Waals surface area contributed by atoms with Crippen LogP contribution < -0.4 is 10.6 Å². The van der Waals surface area contributed by atoms with E-state index >= 15 is 0 Å². The van der Waals surface area contributed by atoms with Gasteiger partial charge in [-0.2, -0.15) is 0 Å². The Labute approximate surface area is 128 Å². The van der Waals surface area contributed by atoms with Crippen molar-refractivity contribution in [3.8, 4) is 0 Å². The minimum absolute atomic E-state index is 0.0479. The normalized spacial score (nSPS) is 10.0. The highest BCUT2D eigenvalue weighted by molar-refractivity contribution is 6.30. The van der Waals surface area contributed by atoms with Crippen LogP contribution in [0.4, 0.5) is 16.2 Å². The maximum absolute atomic E-state index is 12.0. The quantitative estimate of drug-likeness (QED) is 0.820. The minimum Gasteiger partial charge on any atom is -0.308 e. The molecule has 0 aromatic heterocycles. The largest absolute Gasteiger partial charge is 0.323 e. The van der Waals surface area contributed by atoms with Crippen LogP contribution in [-0.2, 0) is 0 Å². The molecule has 0 aliphatic heterocycles. The van der Waals surface area contributed by atoms with E-state index in [4.69, 9.17) is 11.6 Å². The number of aryl methyl sites for hydroxylation is 1. The van der Waals surface area contributed by atoms with Crippen LogP contribution in [0, 0.1) is 6.92 Å². The van der Waals surface area contributed by atoms with Crippen molar-refractivity contribution in [2.45, 2.75) is 13.8 Å². The number of anilines is 2. The van der Waals surface area contributed by atoms with Crippen molar-refractivity contribution in [3.05, 3.63) is 58.6 Å². The number of carbonyl (C=O) groups is 2. The third kappa shape index (κ3) is 4.07. The van der Waals surface area contributed by atoms with Gasteiger partial charge in [-0.3, -0.25) is 4.79 Å². The Morgan fingerprint density at radius 3 is 2.48 bits per heavy atom. The van der Waals surface area contributed by atoms with Gasteiger partial charge in [0.05, 0.1) is 0 Å². The summed E-state index contributed by atoms with van der Waals surface area (Å²) >= 11 is 5.86. The highest BCUT2D eigenvalue weighted by Gasteiger charge is 2.08. The molecule has 0 heterocycles. The van der Waals surface area contributed by atoms with Crippen molar-refractivity contribution in [1.82, 2.24) is 0 Å². The fourth-order valence-electron chi connectivity index (χ4n) is 1.83. The lowest BCUT2D eigenvalue weighted by molar-refractivity contribution is 0.101. The van der Waals surface area contributed by atoms with Gasteiger partial charge >= 0.3 is 6.03 Å². The first-order valence-electron chi connectivity index (χ1n) is 6.41. The molecule has 0 spiro atoms. The number of hydrogen-bond acceptors (Lipinski definition) is 2. The van der Waals surface area contributed by atoms with Gasteiger partial charge in [-0.15, -0.1) is 0 Å². The molecule has 0 aliphatic carbocycles. The molecule has 2 aromatic rings. The number of halogens is 1. The zero-order valence-corrected chi connectivity index (χ0v) is 12.5. The molecular formula is C16H15ClN2O2. The van der Waals surface area contributed by atoms with Crippen LogP contribution in [0.15, 0.2) is 42.5 Å². The van der Waals surface area contributed by atoms with Crippen molar-refractivity contribution in [3.63, 3.8) is 0 Å².